The van der Waals surface area contributed by atoms with Crippen molar-refractivity contribution in [1.29, 1.82) is 0 Å². The van der Waals surface area contributed by atoms with E-state index < -0.39 is 5.56 Å². The lowest BCUT2D eigenvalue weighted by atomic mass is 10.0. The number of ketones is 1. The third kappa shape index (κ3) is 5.18. The quantitative estimate of drug-likeness (QED) is 0.832. The van der Waals surface area contributed by atoms with Crippen molar-refractivity contribution in [1.82, 2.24) is 9.55 Å². The highest BCUT2D eigenvalue weighted by Crippen LogP contribution is 2.22. The highest BCUT2D eigenvalue weighted by atomic mass is 16.2. The molecular weight excluding hydrogens is 304 g/mol. The predicted octanol–water partition coefficient (Wildman–Crippen LogP) is 3.98. The molecule has 1 N–H and O–H groups in total. The van der Waals surface area contributed by atoms with Gasteiger partial charge < -0.3 is 4.98 Å². The smallest absolute Gasteiger partial charge is 0.313 e. The van der Waals surface area contributed by atoms with Gasteiger partial charge in [0.25, 0.3) is 5.56 Å². The van der Waals surface area contributed by atoms with Crippen LogP contribution in [0.3, 0.4) is 0 Å². The van der Waals surface area contributed by atoms with Crippen LogP contribution in [0.25, 0.3) is 0 Å². The summed E-state index contributed by atoms with van der Waals surface area (Å²) >= 11 is 0. The van der Waals surface area contributed by atoms with E-state index in [4.69, 9.17) is 0 Å². The van der Waals surface area contributed by atoms with Crippen LogP contribution in [-0.2, 0) is 0 Å². The molecule has 0 bridgehead atoms. The van der Waals surface area contributed by atoms with Crippen LogP contribution >= 0.6 is 0 Å². The molecule has 134 valence electrons. The third-order valence-corrected chi connectivity index (χ3v) is 5.08. The van der Waals surface area contributed by atoms with Gasteiger partial charge in [-0.15, -0.1) is 0 Å². The number of aromatic amines is 1. The number of rotatable bonds is 2. The Morgan fingerprint density at radius 2 is 1.38 bits per heavy atom. The Morgan fingerprint density at radius 1 is 0.917 bits per heavy atom. The fourth-order valence-corrected chi connectivity index (χ4v) is 3.65. The second-order valence-electron chi connectivity index (χ2n) is 7.01. The maximum absolute atomic E-state index is 12.6. The fraction of sp³-hybridized carbons (Fsp3) is 0.737. The molecule has 1 aromatic rings. The molecule has 1 aliphatic carbocycles. The molecule has 1 saturated carbocycles. The largest absolute Gasteiger partial charge is 0.328 e. The van der Waals surface area contributed by atoms with Crippen molar-refractivity contribution in [3.05, 3.63) is 32.6 Å². The van der Waals surface area contributed by atoms with Gasteiger partial charge in [0.15, 0.2) is 5.78 Å². The van der Waals surface area contributed by atoms with E-state index >= 15 is 0 Å². The minimum atomic E-state index is -0.430. The van der Waals surface area contributed by atoms with E-state index in [-0.39, 0.29) is 23.1 Å². The van der Waals surface area contributed by atoms with Crippen molar-refractivity contribution in [2.45, 2.75) is 90.0 Å². The average Bonchev–Trinajstić information content (AvgIpc) is 2.56. The molecule has 0 aliphatic heterocycles. The normalized spacial score (nSPS) is 19.0. The van der Waals surface area contributed by atoms with Gasteiger partial charge >= 0.3 is 5.69 Å². The van der Waals surface area contributed by atoms with Gasteiger partial charge in [-0.2, -0.15) is 0 Å². The van der Waals surface area contributed by atoms with E-state index in [0.29, 0.717) is 0 Å². The summed E-state index contributed by atoms with van der Waals surface area (Å²) in [5.41, 5.74) is -0.739. The van der Waals surface area contributed by atoms with Gasteiger partial charge in [0.1, 0.15) is 0 Å². The summed E-state index contributed by atoms with van der Waals surface area (Å²) in [6.07, 6.45) is 14.9. The fourth-order valence-electron chi connectivity index (χ4n) is 3.65. The number of carbonyl (C=O) groups excluding carboxylic acids is 1. The van der Waals surface area contributed by atoms with E-state index in [2.05, 4.69) is 4.98 Å². The number of hydrogen-bond acceptors (Lipinski definition) is 3. The van der Waals surface area contributed by atoms with Crippen LogP contribution in [0, 0.1) is 0 Å². The SMILES string of the molecule is CC(=O)c1c[nH]c(=O)n(C2CCCCCCCCCCCC2)c1=O. The molecule has 0 radical (unpaired) electrons. The van der Waals surface area contributed by atoms with Gasteiger partial charge in [-0.25, -0.2) is 4.79 Å². The van der Waals surface area contributed by atoms with Crippen LogP contribution in [0.2, 0.25) is 0 Å². The molecule has 0 aromatic carbocycles. The van der Waals surface area contributed by atoms with E-state index in [1.807, 2.05) is 0 Å². The van der Waals surface area contributed by atoms with Gasteiger partial charge in [0, 0.05) is 12.2 Å². The number of aromatic nitrogens is 2. The Bertz CT molecular complexity index is 631. The zero-order chi connectivity index (χ0) is 17.4. The van der Waals surface area contributed by atoms with E-state index in [1.54, 1.807) is 0 Å². The topological polar surface area (TPSA) is 71.9 Å². The summed E-state index contributed by atoms with van der Waals surface area (Å²) < 4.78 is 1.30. The summed E-state index contributed by atoms with van der Waals surface area (Å²) in [6.45, 7) is 1.36. The van der Waals surface area contributed by atoms with Gasteiger partial charge in [0.05, 0.1) is 5.56 Å². The van der Waals surface area contributed by atoms with Crippen LogP contribution in [0.5, 0.6) is 0 Å². The summed E-state index contributed by atoms with van der Waals surface area (Å²) in [6, 6.07) is -0.0960. The van der Waals surface area contributed by atoms with Crippen LogP contribution in [0.4, 0.5) is 0 Å². The first-order valence-corrected chi connectivity index (χ1v) is 9.46. The van der Waals surface area contributed by atoms with Crippen molar-refractivity contribution in [2.24, 2.45) is 0 Å². The lowest BCUT2D eigenvalue weighted by Gasteiger charge is -2.19. The predicted molar refractivity (Wildman–Crippen MR) is 95.8 cm³/mol. The average molecular weight is 334 g/mol. The van der Waals surface area contributed by atoms with Crippen molar-refractivity contribution in [3.8, 4) is 0 Å². The first-order valence-electron chi connectivity index (χ1n) is 9.46. The number of hydrogen-bond donors (Lipinski definition) is 1. The van der Waals surface area contributed by atoms with Crippen LogP contribution < -0.4 is 11.2 Å². The van der Waals surface area contributed by atoms with Crippen molar-refractivity contribution in [2.75, 3.05) is 0 Å². The van der Waals surface area contributed by atoms with Crippen molar-refractivity contribution < 1.29 is 4.79 Å². The molecule has 1 aromatic heterocycles. The zero-order valence-electron chi connectivity index (χ0n) is 14.8. The molecule has 0 amide bonds. The Labute approximate surface area is 143 Å². The van der Waals surface area contributed by atoms with Gasteiger partial charge in [-0.05, 0) is 19.8 Å². The van der Waals surface area contributed by atoms with Gasteiger partial charge in [-0.3, -0.25) is 14.2 Å². The highest BCUT2D eigenvalue weighted by Gasteiger charge is 2.19. The molecule has 1 aliphatic rings. The molecule has 2 rings (SSSR count). The number of Topliss-reactive ketones (excluding diaryl/α,β-unsaturated/α-hetero) is 1. The Morgan fingerprint density at radius 3 is 1.83 bits per heavy atom. The second-order valence-corrected chi connectivity index (χ2v) is 7.01. The van der Waals surface area contributed by atoms with Crippen LogP contribution in [0.15, 0.2) is 15.8 Å². The molecule has 1 fully saturated rings. The first-order chi connectivity index (χ1) is 11.6. The molecule has 1 heterocycles. The Hall–Kier alpha value is -1.65. The lowest BCUT2D eigenvalue weighted by Crippen LogP contribution is -2.40. The molecule has 0 unspecified atom stereocenters. The van der Waals surface area contributed by atoms with E-state index in [1.165, 1.54) is 56.2 Å². The minimum Gasteiger partial charge on any atom is -0.313 e. The standard InChI is InChI=1S/C19H30N2O3/c1-15(22)17-14-20-19(24)21(18(17)23)16-12-10-8-6-4-2-3-5-7-9-11-13-16/h14,16H,2-13H2,1H3,(H,20,24). The van der Waals surface area contributed by atoms with Gasteiger partial charge in [0.2, 0.25) is 0 Å². The molecule has 0 saturated heterocycles. The molecule has 0 spiro atoms. The number of carbonyl (C=O) groups is 1. The zero-order valence-corrected chi connectivity index (χ0v) is 14.8. The number of nitrogens with one attached hydrogen (secondary N) is 1. The molecule has 24 heavy (non-hydrogen) atoms. The van der Waals surface area contributed by atoms with Crippen LogP contribution in [0.1, 0.15) is 100 Å². The molecule has 0 atom stereocenters. The summed E-state index contributed by atoms with van der Waals surface area (Å²) in [7, 11) is 0. The minimum absolute atomic E-state index is 0.0810. The summed E-state index contributed by atoms with van der Waals surface area (Å²) in [4.78, 5) is 39.0. The molecule has 5 heteroatoms. The van der Waals surface area contributed by atoms with E-state index in [0.717, 1.165) is 38.5 Å². The number of H-pyrrole nitrogens is 1. The van der Waals surface area contributed by atoms with Crippen LogP contribution in [-0.4, -0.2) is 15.3 Å². The maximum atomic E-state index is 12.6. The highest BCUT2D eigenvalue weighted by molar-refractivity contribution is 5.93. The molecule has 5 nitrogen and oxygen atoms in total. The maximum Gasteiger partial charge on any atom is 0.328 e. The lowest BCUT2D eigenvalue weighted by molar-refractivity contribution is 0.101. The Kier molecular flexibility index (Phi) is 7.47. The van der Waals surface area contributed by atoms with Gasteiger partial charge in [-0.1, -0.05) is 64.2 Å². The van der Waals surface area contributed by atoms with Crippen molar-refractivity contribution >= 4 is 5.78 Å². The molecular formula is C19H30N2O3. The monoisotopic (exact) mass is 334 g/mol. The summed E-state index contributed by atoms with van der Waals surface area (Å²) in [5, 5.41) is 0. The van der Waals surface area contributed by atoms with Crippen molar-refractivity contribution in [3.63, 3.8) is 0 Å². The second kappa shape index (κ2) is 9.60. The Balaban J connectivity index is 2.21. The van der Waals surface area contributed by atoms with E-state index in [9.17, 15) is 14.4 Å². The first kappa shape index (κ1) is 18.7. The third-order valence-electron chi connectivity index (χ3n) is 5.08. The summed E-state index contributed by atoms with van der Waals surface area (Å²) in [5.74, 6) is -0.297. The number of nitrogens with zero attached hydrogens (tertiary/aromatic N) is 1.